The monoisotopic (exact) mass is 447 g/mol. The lowest BCUT2D eigenvalue weighted by molar-refractivity contribution is -0.148. The second kappa shape index (κ2) is 6.50. The molecule has 0 spiro atoms. The molecule has 7 nitrogen and oxygen atoms in total. The largest absolute Gasteiger partial charge is 0.351 e. The van der Waals surface area contributed by atoms with Crippen molar-refractivity contribution in [2.75, 3.05) is 11.6 Å². The number of rotatable bonds is 4. The zero-order chi connectivity index (χ0) is 21.3. The maximum Gasteiger partial charge on any atom is 0.232 e. The fourth-order valence-corrected chi connectivity index (χ4v) is 8.09. The van der Waals surface area contributed by atoms with Gasteiger partial charge in [-0.3, -0.25) is 9.59 Å². The number of aromatic nitrogens is 1. The standard InChI is InChI=1S/C21H25N3O4S2/c1-12(25)24-21-9-13-5-14(10-21)8-20(7-13,11-21)18(26)23-19-22-16-4-3-15(30(2,27)28)6-17(16)29-19/h3-4,6,13-14H,5,7-11H2,1-2H3,(H,24,25)(H,22,23,26)/t13-,14-,20?,21?/m1/s1. The minimum atomic E-state index is -3.30. The fraction of sp³-hybridized carbons (Fsp3) is 0.571. The molecule has 4 aliphatic carbocycles. The van der Waals surface area contributed by atoms with Crippen LogP contribution < -0.4 is 10.6 Å². The molecule has 0 saturated heterocycles. The van der Waals surface area contributed by atoms with Crippen molar-refractivity contribution in [1.29, 1.82) is 0 Å². The Labute approximate surface area is 179 Å². The molecule has 6 rings (SSSR count). The highest BCUT2D eigenvalue weighted by Crippen LogP contribution is 2.62. The first-order valence-electron chi connectivity index (χ1n) is 10.3. The average Bonchev–Trinajstić information content (AvgIpc) is 3.00. The Morgan fingerprint density at radius 1 is 1.17 bits per heavy atom. The summed E-state index contributed by atoms with van der Waals surface area (Å²) in [4.78, 5) is 30.0. The predicted octanol–water partition coefficient (Wildman–Crippen LogP) is 3.11. The van der Waals surface area contributed by atoms with Crippen molar-refractivity contribution in [3.05, 3.63) is 18.2 Å². The van der Waals surface area contributed by atoms with Crippen molar-refractivity contribution < 1.29 is 18.0 Å². The molecule has 4 bridgehead atoms. The first kappa shape index (κ1) is 19.9. The van der Waals surface area contributed by atoms with Crippen LogP contribution in [0.25, 0.3) is 10.2 Å². The summed E-state index contributed by atoms with van der Waals surface area (Å²) in [6, 6.07) is 4.82. The molecule has 4 fully saturated rings. The molecule has 30 heavy (non-hydrogen) atoms. The average molecular weight is 448 g/mol. The van der Waals surface area contributed by atoms with Gasteiger partial charge in [0.05, 0.1) is 20.5 Å². The molecule has 160 valence electrons. The first-order valence-corrected chi connectivity index (χ1v) is 13.0. The van der Waals surface area contributed by atoms with Crippen LogP contribution in [0.4, 0.5) is 5.13 Å². The third-order valence-electron chi connectivity index (χ3n) is 6.99. The number of thiazole rings is 1. The van der Waals surface area contributed by atoms with Gasteiger partial charge in [-0.1, -0.05) is 11.3 Å². The molecule has 4 aliphatic rings. The van der Waals surface area contributed by atoms with E-state index in [-0.39, 0.29) is 22.2 Å². The van der Waals surface area contributed by atoms with Crippen molar-refractivity contribution in [2.24, 2.45) is 17.3 Å². The fourth-order valence-electron chi connectivity index (χ4n) is 6.47. The second-order valence-electron chi connectivity index (χ2n) is 9.58. The maximum atomic E-state index is 13.4. The topological polar surface area (TPSA) is 105 Å². The van der Waals surface area contributed by atoms with Gasteiger partial charge in [0, 0.05) is 18.7 Å². The van der Waals surface area contributed by atoms with Crippen LogP contribution in [0.3, 0.4) is 0 Å². The highest BCUT2D eigenvalue weighted by molar-refractivity contribution is 7.90. The number of nitrogens with one attached hydrogen (secondary N) is 2. The maximum absolute atomic E-state index is 13.4. The van der Waals surface area contributed by atoms with Crippen molar-refractivity contribution in [1.82, 2.24) is 10.3 Å². The molecule has 0 unspecified atom stereocenters. The van der Waals surface area contributed by atoms with Crippen LogP contribution in [0.2, 0.25) is 0 Å². The van der Waals surface area contributed by atoms with Gasteiger partial charge in [-0.15, -0.1) is 0 Å². The SMILES string of the molecule is CC(=O)NC12C[C@@H]3C[C@@H](C1)CC(C(=O)Nc1nc4ccc(S(C)(=O)=O)cc4s1)(C3)C2. The number of amides is 2. The van der Waals surface area contributed by atoms with E-state index in [0.717, 1.165) is 36.8 Å². The molecule has 2 atom stereocenters. The number of fused-ring (bicyclic) bond motifs is 1. The molecule has 0 radical (unpaired) electrons. The second-order valence-corrected chi connectivity index (χ2v) is 12.6. The molecule has 9 heteroatoms. The lowest BCUT2D eigenvalue weighted by Crippen LogP contribution is -2.65. The molecule has 2 N–H and O–H groups in total. The van der Waals surface area contributed by atoms with Crippen LogP contribution in [0.1, 0.15) is 45.4 Å². The summed E-state index contributed by atoms with van der Waals surface area (Å²) < 4.78 is 24.4. The van der Waals surface area contributed by atoms with E-state index >= 15 is 0 Å². The van der Waals surface area contributed by atoms with Crippen LogP contribution in [0, 0.1) is 17.3 Å². The third kappa shape index (κ3) is 3.32. The van der Waals surface area contributed by atoms with Gasteiger partial charge in [0.1, 0.15) is 0 Å². The van der Waals surface area contributed by atoms with Gasteiger partial charge in [-0.05, 0) is 68.6 Å². The Kier molecular flexibility index (Phi) is 4.32. The molecular weight excluding hydrogens is 422 g/mol. The molecule has 1 aromatic heterocycles. The van der Waals surface area contributed by atoms with E-state index in [1.807, 2.05) is 0 Å². The van der Waals surface area contributed by atoms with Gasteiger partial charge >= 0.3 is 0 Å². The zero-order valence-corrected chi connectivity index (χ0v) is 18.7. The molecule has 4 saturated carbocycles. The van der Waals surface area contributed by atoms with Crippen molar-refractivity contribution in [3.63, 3.8) is 0 Å². The summed E-state index contributed by atoms with van der Waals surface area (Å²) in [5.74, 6) is 0.891. The Morgan fingerprint density at radius 3 is 2.50 bits per heavy atom. The minimum absolute atomic E-state index is 0.0197. The van der Waals surface area contributed by atoms with Crippen molar-refractivity contribution >= 4 is 48.3 Å². The quantitative estimate of drug-likeness (QED) is 0.749. The highest BCUT2D eigenvalue weighted by Gasteiger charge is 2.60. The van der Waals surface area contributed by atoms with E-state index in [4.69, 9.17) is 0 Å². The summed E-state index contributed by atoms with van der Waals surface area (Å²) in [6.45, 7) is 1.55. The normalized spacial score (nSPS) is 32.3. The van der Waals surface area contributed by atoms with Gasteiger partial charge in [0.25, 0.3) is 0 Å². The van der Waals surface area contributed by atoms with Gasteiger partial charge in [0.2, 0.25) is 11.8 Å². The van der Waals surface area contributed by atoms with E-state index in [0.29, 0.717) is 28.9 Å². The molecule has 2 aromatic rings. The van der Waals surface area contributed by atoms with E-state index < -0.39 is 15.3 Å². The highest BCUT2D eigenvalue weighted by atomic mass is 32.2. The Hall–Kier alpha value is -2.00. The van der Waals surface area contributed by atoms with Crippen molar-refractivity contribution in [2.45, 2.75) is 55.9 Å². The number of benzene rings is 1. The number of hydrogen-bond acceptors (Lipinski definition) is 6. The molecule has 2 amide bonds. The summed E-state index contributed by atoms with van der Waals surface area (Å²) in [6.07, 6.45) is 6.66. The minimum Gasteiger partial charge on any atom is -0.351 e. The summed E-state index contributed by atoms with van der Waals surface area (Å²) in [5.41, 5.74) is -0.0593. The van der Waals surface area contributed by atoms with Gasteiger partial charge in [0.15, 0.2) is 15.0 Å². The Balaban J connectivity index is 1.42. The van der Waals surface area contributed by atoms with Crippen molar-refractivity contribution in [3.8, 4) is 0 Å². The van der Waals surface area contributed by atoms with Crippen LogP contribution >= 0.6 is 11.3 Å². The number of hydrogen-bond donors (Lipinski definition) is 2. The molecular formula is C21H25N3O4S2. The van der Waals surface area contributed by atoms with Crippen LogP contribution in [0.5, 0.6) is 0 Å². The predicted molar refractivity (Wildman–Crippen MR) is 115 cm³/mol. The Morgan fingerprint density at radius 2 is 1.87 bits per heavy atom. The van der Waals surface area contributed by atoms with Crippen LogP contribution in [-0.4, -0.2) is 37.0 Å². The van der Waals surface area contributed by atoms with Gasteiger partial charge in [-0.2, -0.15) is 0 Å². The van der Waals surface area contributed by atoms with Gasteiger partial charge < -0.3 is 10.6 Å². The zero-order valence-electron chi connectivity index (χ0n) is 17.0. The lowest BCUT2D eigenvalue weighted by Gasteiger charge is -2.61. The first-order chi connectivity index (χ1) is 14.1. The smallest absolute Gasteiger partial charge is 0.232 e. The molecule has 1 heterocycles. The van der Waals surface area contributed by atoms with E-state index in [2.05, 4.69) is 15.6 Å². The number of carbonyl (C=O) groups excluding carboxylic acids is 2. The van der Waals surface area contributed by atoms with Crippen LogP contribution in [0.15, 0.2) is 23.1 Å². The van der Waals surface area contributed by atoms with Crippen LogP contribution in [-0.2, 0) is 19.4 Å². The summed E-state index contributed by atoms with van der Waals surface area (Å²) in [7, 11) is -3.30. The number of carbonyl (C=O) groups is 2. The number of sulfone groups is 1. The van der Waals surface area contributed by atoms with E-state index in [1.165, 1.54) is 17.6 Å². The number of nitrogens with zero attached hydrogens (tertiary/aromatic N) is 1. The lowest BCUT2D eigenvalue weighted by atomic mass is 9.46. The molecule has 1 aromatic carbocycles. The van der Waals surface area contributed by atoms with Gasteiger partial charge in [-0.25, -0.2) is 13.4 Å². The summed E-state index contributed by atoms with van der Waals surface area (Å²) >= 11 is 1.29. The Bertz CT molecular complexity index is 1160. The number of anilines is 1. The third-order valence-corrected chi connectivity index (χ3v) is 9.04. The summed E-state index contributed by atoms with van der Waals surface area (Å²) in [5, 5.41) is 6.70. The molecule has 0 aliphatic heterocycles. The van der Waals surface area contributed by atoms with E-state index in [1.54, 1.807) is 25.1 Å². The van der Waals surface area contributed by atoms with E-state index in [9.17, 15) is 18.0 Å².